The molecule has 2 saturated carbocycles. The van der Waals surface area contributed by atoms with Crippen molar-refractivity contribution in [1.29, 1.82) is 0 Å². The lowest BCUT2D eigenvalue weighted by Gasteiger charge is -2.40. The third-order valence-electron chi connectivity index (χ3n) is 4.49. The number of nitrogens with zero attached hydrogens (tertiary/aromatic N) is 1. The fourth-order valence-electron chi connectivity index (χ4n) is 3.12. The Morgan fingerprint density at radius 1 is 1.20 bits per heavy atom. The van der Waals surface area contributed by atoms with Gasteiger partial charge in [0.15, 0.2) is 0 Å². The van der Waals surface area contributed by atoms with Crippen LogP contribution >= 0.6 is 0 Å². The molecule has 0 aromatic heterocycles. The molecule has 2 rings (SSSR count). The van der Waals surface area contributed by atoms with E-state index in [1.807, 2.05) is 0 Å². The van der Waals surface area contributed by atoms with Gasteiger partial charge in [0.1, 0.15) is 0 Å². The highest BCUT2D eigenvalue weighted by Gasteiger charge is 2.33. The molecule has 0 bridgehead atoms. The Morgan fingerprint density at radius 3 is 2.33 bits per heavy atom. The van der Waals surface area contributed by atoms with E-state index in [1.165, 1.54) is 64.5 Å². The molecule has 0 atom stereocenters. The van der Waals surface area contributed by atoms with Crippen LogP contribution in [0.3, 0.4) is 0 Å². The van der Waals surface area contributed by atoms with Crippen LogP contribution in [0.4, 0.5) is 0 Å². The van der Waals surface area contributed by atoms with Crippen LogP contribution in [0, 0.1) is 0 Å². The Balaban J connectivity index is 1.74. The van der Waals surface area contributed by atoms with E-state index in [9.17, 15) is 0 Å². The second-order valence-electron chi connectivity index (χ2n) is 5.53. The molecule has 0 aromatic carbocycles. The zero-order valence-electron chi connectivity index (χ0n) is 10.2. The van der Waals surface area contributed by atoms with Crippen molar-refractivity contribution in [3.8, 4) is 0 Å². The van der Waals surface area contributed by atoms with Gasteiger partial charge in [-0.25, -0.2) is 0 Å². The van der Waals surface area contributed by atoms with Crippen LogP contribution in [0.25, 0.3) is 0 Å². The lowest BCUT2D eigenvalue weighted by atomic mass is 9.75. The first-order valence-corrected chi connectivity index (χ1v) is 6.76. The molecule has 0 radical (unpaired) electrons. The van der Waals surface area contributed by atoms with Gasteiger partial charge in [-0.05, 0) is 45.1 Å². The summed E-state index contributed by atoms with van der Waals surface area (Å²) in [5.74, 6) is 0. The smallest absolute Gasteiger partial charge is 0.0166 e. The third kappa shape index (κ3) is 2.73. The average Bonchev–Trinajstić information content (AvgIpc) is 2.69. The molecule has 2 fully saturated rings. The minimum atomic E-state index is 0.214. The molecule has 88 valence electrons. The molecule has 2 aliphatic rings. The number of hydrogen-bond acceptors (Lipinski definition) is 2. The molecular formula is C13H26N2. The van der Waals surface area contributed by atoms with Gasteiger partial charge >= 0.3 is 0 Å². The lowest BCUT2D eigenvalue weighted by molar-refractivity contribution is 0.153. The van der Waals surface area contributed by atoms with Gasteiger partial charge in [-0.2, -0.15) is 0 Å². The number of nitrogens with two attached hydrogens (primary N) is 1. The standard InChI is InChI=1S/C13H26N2/c1-2-15(12-6-3-4-7-12)11-10-13(14)8-5-9-13/h12H,2-11,14H2,1H3. The molecular weight excluding hydrogens is 184 g/mol. The van der Waals surface area contributed by atoms with Crippen molar-refractivity contribution in [3.63, 3.8) is 0 Å². The Kier molecular flexibility index (Phi) is 3.68. The largest absolute Gasteiger partial charge is 0.325 e. The molecule has 15 heavy (non-hydrogen) atoms. The van der Waals surface area contributed by atoms with Crippen LogP contribution in [0.1, 0.15) is 58.3 Å². The Hall–Kier alpha value is -0.0800. The summed E-state index contributed by atoms with van der Waals surface area (Å²) in [6.07, 6.45) is 10.8. The van der Waals surface area contributed by atoms with Crippen molar-refractivity contribution in [2.45, 2.75) is 69.9 Å². The van der Waals surface area contributed by atoms with E-state index in [0.717, 1.165) is 6.04 Å². The predicted molar refractivity (Wildman–Crippen MR) is 64.9 cm³/mol. The molecule has 0 aromatic rings. The van der Waals surface area contributed by atoms with Crippen LogP contribution in [0.5, 0.6) is 0 Å². The molecule has 2 aliphatic carbocycles. The highest BCUT2D eigenvalue weighted by molar-refractivity contribution is 4.93. The summed E-state index contributed by atoms with van der Waals surface area (Å²) in [4.78, 5) is 2.67. The second kappa shape index (κ2) is 4.84. The van der Waals surface area contributed by atoms with Gasteiger partial charge in [0.05, 0.1) is 0 Å². The maximum Gasteiger partial charge on any atom is 0.0166 e. The van der Waals surface area contributed by atoms with Gasteiger partial charge in [0.2, 0.25) is 0 Å². The van der Waals surface area contributed by atoms with Crippen molar-refractivity contribution >= 4 is 0 Å². The highest BCUT2D eigenvalue weighted by atomic mass is 15.2. The highest BCUT2D eigenvalue weighted by Crippen LogP contribution is 2.33. The first kappa shape index (κ1) is 11.4. The second-order valence-corrected chi connectivity index (χ2v) is 5.53. The van der Waals surface area contributed by atoms with E-state index in [2.05, 4.69) is 11.8 Å². The zero-order valence-corrected chi connectivity index (χ0v) is 10.2. The molecule has 0 unspecified atom stereocenters. The van der Waals surface area contributed by atoms with Crippen molar-refractivity contribution < 1.29 is 0 Å². The first-order chi connectivity index (χ1) is 7.23. The third-order valence-corrected chi connectivity index (χ3v) is 4.49. The molecule has 0 heterocycles. The molecule has 2 N–H and O–H groups in total. The van der Waals surface area contributed by atoms with Gasteiger partial charge in [-0.1, -0.05) is 19.8 Å². The first-order valence-electron chi connectivity index (χ1n) is 6.76. The Morgan fingerprint density at radius 2 is 1.87 bits per heavy atom. The maximum atomic E-state index is 6.28. The molecule has 0 spiro atoms. The maximum absolute atomic E-state index is 6.28. The van der Waals surface area contributed by atoms with Crippen molar-refractivity contribution in [1.82, 2.24) is 4.90 Å². The van der Waals surface area contributed by atoms with Crippen LogP contribution in [0.15, 0.2) is 0 Å². The summed E-state index contributed by atoms with van der Waals surface area (Å²) >= 11 is 0. The van der Waals surface area contributed by atoms with Crippen molar-refractivity contribution in [3.05, 3.63) is 0 Å². The number of rotatable bonds is 5. The van der Waals surface area contributed by atoms with E-state index < -0.39 is 0 Å². The van der Waals surface area contributed by atoms with Crippen molar-refractivity contribution in [2.75, 3.05) is 13.1 Å². The molecule has 2 heteroatoms. The monoisotopic (exact) mass is 210 g/mol. The topological polar surface area (TPSA) is 29.3 Å². The predicted octanol–water partition coefficient (Wildman–Crippen LogP) is 2.52. The van der Waals surface area contributed by atoms with Crippen LogP contribution in [-0.2, 0) is 0 Å². The van der Waals surface area contributed by atoms with Crippen LogP contribution in [0.2, 0.25) is 0 Å². The molecule has 0 saturated heterocycles. The molecule has 0 aliphatic heterocycles. The van der Waals surface area contributed by atoms with E-state index in [4.69, 9.17) is 5.73 Å². The Bertz CT molecular complexity index is 193. The van der Waals surface area contributed by atoms with E-state index in [0.29, 0.717) is 0 Å². The minimum absolute atomic E-state index is 0.214. The van der Waals surface area contributed by atoms with Gasteiger partial charge in [-0.3, -0.25) is 0 Å². The van der Waals surface area contributed by atoms with Crippen LogP contribution in [-0.4, -0.2) is 29.6 Å². The fourth-order valence-corrected chi connectivity index (χ4v) is 3.12. The van der Waals surface area contributed by atoms with E-state index >= 15 is 0 Å². The van der Waals surface area contributed by atoms with E-state index in [1.54, 1.807) is 0 Å². The van der Waals surface area contributed by atoms with Gasteiger partial charge < -0.3 is 10.6 Å². The van der Waals surface area contributed by atoms with Gasteiger partial charge in [0.25, 0.3) is 0 Å². The van der Waals surface area contributed by atoms with Crippen molar-refractivity contribution in [2.24, 2.45) is 5.73 Å². The summed E-state index contributed by atoms with van der Waals surface area (Å²) < 4.78 is 0. The summed E-state index contributed by atoms with van der Waals surface area (Å²) in [7, 11) is 0. The Labute approximate surface area is 94.2 Å². The summed E-state index contributed by atoms with van der Waals surface area (Å²) in [5, 5.41) is 0. The normalized spacial score (nSPS) is 25.8. The summed E-state index contributed by atoms with van der Waals surface area (Å²) in [6, 6.07) is 0.874. The SMILES string of the molecule is CCN(CCC1(N)CCC1)C1CCCC1. The van der Waals surface area contributed by atoms with Gasteiger partial charge in [-0.15, -0.1) is 0 Å². The minimum Gasteiger partial charge on any atom is -0.325 e. The molecule has 2 nitrogen and oxygen atoms in total. The van der Waals surface area contributed by atoms with Crippen LogP contribution < -0.4 is 5.73 Å². The fraction of sp³-hybridized carbons (Fsp3) is 1.00. The van der Waals surface area contributed by atoms with E-state index in [-0.39, 0.29) is 5.54 Å². The average molecular weight is 210 g/mol. The zero-order chi connectivity index (χ0) is 10.7. The number of hydrogen-bond donors (Lipinski definition) is 1. The summed E-state index contributed by atoms with van der Waals surface area (Å²) in [6.45, 7) is 4.74. The lowest BCUT2D eigenvalue weighted by Crippen LogP contribution is -2.49. The van der Waals surface area contributed by atoms with Gasteiger partial charge in [0, 0.05) is 18.1 Å². The molecule has 0 amide bonds. The quantitative estimate of drug-likeness (QED) is 0.755. The summed E-state index contributed by atoms with van der Waals surface area (Å²) in [5.41, 5.74) is 6.49.